The van der Waals surface area contributed by atoms with Gasteiger partial charge in [0.1, 0.15) is 11.7 Å². The molecule has 0 saturated heterocycles. The molecule has 1 aliphatic heterocycles. The van der Waals surface area contributed by atoms with Crippen molar-refractivity contribution in [3.8, 4) is 5.75 Å². The molecule has 0 spiro atoms. The van der Waals surface area contributed by atoms with Crippen molar-refractivity contribution in [2.24, 2.45) is 0 Å². The standard InChI is InChI=1S/C18H17NO3/c1-9(2)10-6-7-11-14(8-10)22-18(21)12-4-3-5-13(19)15(12)17(20)16(11)18/h3-9,16,21H,19H2,1-2H3. The maximum absolute atomic E-state index is 12.8. The molecule has 4 nitrogen and oxygen atoms in total. The Labute approximate surface area is 128 Å². The van der Waals surface area contributed by atoms with Crippen LogP contribution in [0.4, 0.5) is 5.69 Å². The van der Waals surface area contributed by atoms with Crippen LogP contribution in [-0.4, -0.2) is 10.9 Å². The Bertz CT molecular complexity index is 812. The highest BCUT2D eigenvalue weighted by Gasteiger charge is 2.59. The number of Topliss-reactive ketones (excluding diaryl/α,β-unsaturated/α-hetero) is 1. The molecule has 2 aromatic carbocycles. The summed E-state index contributed by atoms with van der Waals surface area (Å²) >= 11 is 0. The minimum Gasteiger partial charge on any atom is -0.457 e. The van der Waals surface area contributed by atoms with Crippen LogP contribution in [0.1, 0.15) is 52.7 Å². The summed E-state index contributed by atoms with van der Waals surface area (Å²) in [5.41, 5.74) is 8.99. The van der Waals surface area contributed by atoms with Crippen molar-refractivity contribution in [2.45, 2.75) is 31.5 Å². The molecule has 1 heterocycles. The number of fused-ring (bicyclic) bond motifs is 5. The number of hydrogen-bond acceptors (Lipinski definition) is 4. The van der Waals surface area contributed by atoms with Gasteiger partial charge in [0, 0.05) is 16.8 Å². The average Bonchev–Trinajstić information content (AvgIpc) is 2.88. The number of aliphatic hydroxyl groups is 1. The minimum absolute atomic E-state index is 0.174. The van der Waals surface area contributed by atoms with Gasteiger partial charge in [0.25, 0.3) is 0 Å². The van der Waals surface area contributed by atoms with Crippen molar-refractivity contribution >= 4 is 11.5 Å². The van der Waals surface area contributed by atoms with Gasteiger partial charge >= 0.3 is 0 Å². The van der Waals surface area contributed by atoms with Gasteiger partial charge in [-0.3, -0.25) is 4.79 Å². The normalized spacial score (nSPS) is 24.9. The van der Waals surface area contributed by atoms with Crippen LogP contribution in [0.3, 0.4) is 0 Å². The second-order valence-corrected chi connectivity index (χ2v) is 6.32. The van der Waals surface area contributed by atoms with Gasteiger partial charge in [0.05, 0.1) is 5.56 Å². The van der Waals surface area contributed by atoms with Crippen molar-refractivity contribution in [3.63, 3.8) is 0 Å². The number of ether oxygens (including phenoxy) is 1. The summed E-state index contributed by atoms with van der Waals surface area (Å²) in [5, 5.41) is 11.0. The van der Waals surface area contributed by atoms with E-state index in [9.17, 15) is 9.90 Å². The highest BCUT2D eigenvalue weighted by atomic mass is 16.6. The fourth-order valence-electron chi connectivity index (χ4n) is 3.49. The molecule has 2 aliphatic rings. The number of nitrogen functional groups attached to an aromatic ring is 1. The molecule has 0 aromatic heterocycles. The van der Waals surface area contributed by atoms with Crippen molar-refractivity contribution in [1.29, 1.82) is 0 Å². The third-order valence-corrected chi connectivity index (χ3v) is 4.66. The van der Waals surface area contributed by atoms with E-state index in [1.54, 1.807) is 18.2 Å². The lowest BCUT2D eigenvalue weighted by Crippen LogP contribution is -2.32. The maximum Gasteiger partial charge on any atom is 0.250 e. The van der Waals surface area contributed by atoms with Gasteiger partial charge in [-0.05, 0) is 23.6 Å². The minimum atomic E-state index is -1.64. The molecule has 0 saturated carbocycles. The average molecular weight is 295 g/mol. The SMILES string of the molecule is CC(C)c1ccc2c(c1)OC1(O)c3cccc(N)c3C(=O)C21. The van der Waals surface area contributed by atoms with Crippen LogP contribution in [0.15, 0.2) is 36.4 Å². The predicted molar refractivity (Wildman–Crippen MR) is 83.0 cm³/mol. The van der Waals surface area contributed by atoms with Crippen LogP contribution in [0.5, 0.6) is 5.75 Å². The zero-order valence-corrected chi connectivity index (χ0v) is 12.5. The van der Waals surface area contributed by atoms with E-state index in [4.69, 9.17) is 10.5 Å². The number of anilines is 1. The van der Waals surface area contributed by atoms with Crippen LogP contribution in [0, 0.1) is 0 Å². The molecule has 0 radical (unpaired) electrons. The van der Waals surface area contributed by atoms with Gasteiger partial charge in [0.15, 0.2) is 5.78 Å². The van der Waals surface area contributed by atoms with E-state index in [2.05, 4.69) is 13.8 Å². The molecule has 0 fully saturated rings. The Morgan fingerprint density at radius 1 is 1.27 bits per heavy atom. The summed E-state index contributed by atoms with van der Waals surface area (Å²) in [4.78, 5) is 12.8. The van der Waals surface area contributed by atoms with Crippen LogP contribution >= 0.6 is 0 Å². The van der Waals surface area contributed by atoms with Crippen molar-refractivity contribution in [3.05, 3.63) is 58.7 Å². The highest BCUT2D eigenvalue weighted by Crippen LogP contribution is 2.56. The third-order valence-electron chi connectivity index (χ3n) is 4.66. The fourth-order valence-corrected chi connectivity index (χ4v) is 3.49. The molecule has 2 aromatic rings. The summed E-state index contributed by atoms with van der Waals surface area (Å²) in [6.07, 6.45) is 0. The Morgan fingerprint density at radius 2 is 2.05 bits per heavy atom. The lowest BCUT2D eigenvalue weighted by atomic mass is 9.91. The highest BCUT2D eigenvalue weighted by molar-refractivity contribution is 6.11. The largest absolute Gasteiger partial charge is 0.457 e. The second-order valence-electron chi connectivity index (χ2n) is 6.32. The smallest absolute Gasteiger partial charge is 0.250 e. The quantitative estimate of drug-likeness (QED) is 0.793. The van der Waals surface area contributed by atoms with Crippen LogP contribution < -0.4 is 10.5 Å². The van der Waals surface area contributed by atoms with E-state index < -0.39 is 11.7 Å². The lowest BCUT2D eigenvalue weighted by Gasteiger charge is -2.22. The first-order chi connectivity index (χ1) is 10.4. The zero-order valence-electron chi connectivity index (χ0n) is 12.5. The van der Waals surface area contributed by atoms with Gasteiger partial charge in [-0.15, -0.1) is 0 Å². The van der Waals surface area contributed by atoms with Crippen LogP contribution in [0.2, 0.25) is 0 Å². The Balaban J connectivity index is 1.91. The zero-order chi connectivity index (χ0) is 15.6. The molecule has 4 heteroatoms. The van der Waals surface area contributed by atoms with Gasteiger partial charge in [0.2, 0.25) is 5.79 Å². The first-order valence-corrected chi connectivity index (χ1v) is 7.42. The molecule has 0 bridgehead atoms. The topological polar surface area (TPSA) is 72.6 Å². The summed E-state index contributed by atoms with van der Waals surface area (Å²) in [5.74, 6) is -1.61. The van der Waals surface area contributed by atoms with E-state index in [1.165, 1.54) is 0 Å². The summed E-state index contributed by atoms with van der Waals surface area (Å²) in [6, 6.07) is 10.9. The number of nitrogens with two attached hydrogens (primary N) is 1. The Kier molecular flexibility index (Phi) is 2.49. The Hall–Kier alpha value is -2.33. The van der Waals surface area contributed by atoms with E-state index in [0.717, 1.165) is 11.1 Å². The summed E-state index contributed by atoms with van der Waals surface area (Å²) < 4.78 is 5.84. The van der Waals surface area contributed by atoms with Crippen LogP contribution in [0.25, 0.3) is 0 Å². The summed E-state index contributed by atoms with van der Waals surface area (Å²) in [7, 11) is 0. The van der Waals surface area contributed by atoms with Gasteiger partial charge < -0.3 is 15.6 Å². The summed E-state index contributed by atoms with van der Waals surface area (Å²) in [6.45, 7) is 4.18. The molecule has 112 valence electrons. The van der Waals surface area contributed by atoms with E-state index in [0.29, 0.717) is 28.5 Å². The number of rotatable bonds is 1. The van der Waals surface area contributed by atoms with Crippen molar-refractivity contribution in [1.82, 2.24) is 0 Å². The number of ketones is 1. The monoisotopic (exact) mass is 295 g/mol. The van der Waals surface area contributed by atoms with Gasteiger partial charge in [-0.25, -0.2) is 0 Å². The van der Waals surface area contributed by atoms with E-state index >= 15 is 0 Å². The van der Waals surface area contributed by atoms with E-state index in [1.807, 2.05) is 18.2 Å². The van der Waals surface area contributed by atoms with Crippen LogP contribution in [-0.2, 0) is 5.79 Å². The first kappa shape index (κ1) is 13.3. The van der Waals surface area contributed by atoms with Gasteiger partial charge in [-0.1, -0.05) is 38.1 Å². The van der Waals surface area contributed by atoms with E-state index in [-0.39, 0.29) is 5.78 Å². The first-order valence-electron chi connectivity index (χ1n) is 7.42. The molecule has 3 N–H and O–H groups in total. The lowest BCUT2D eigenvalue weighted by molar-refractivity contribution is -0.134. The van der Waals surface area contributed by atoms with Crippen molar-refractivity contribution in [2.75, 3.05) is 5.73 Å². The third kappa shape index (κ3) is 1.48. The molecular formula is C18H17NO3. The number of carbonyl (C=O) groups is 1. The molecule has 22 heavy (non-hydrogen) atoms. The molecule has 2 unspecified atom stereocenters. The molecular weight excluding hydrogens is 278 g/mol. The number of hydrogen-bond donors (Lipinski definition) is 2. The predicted octanol–water partition coefficient (Wildman–Crippen LogP) is 2.91. The second kappa shape index (κ2) is 4.11. The fraction of sp³-hybridized carbons (Fsp3) is 0.278. The molecule has 0 amide bonds. The Morgan fingerprint density at radius 3 is 2.77 bits per heavy atom. The van der Waals surface area contributed by atoms with Crippen molar-refractivity contribution < 1.29 is 14.6 Å². The number of benzene rings is 2. The molecule has 2 atom stereocenters. The number of carbonyl (C=O) groups excluding carboxylic acids is 1. The maximum atomic E-state index is 12.8. The molecule has 1 aliphatic carbocycles. The molecule has 4 rings (SSSR count). The van der Waals surface area contributed by atoms with Gasteiger partial charge in [-0.2, -0.15) is 0 Å².